The summed E-state index contributed by atoms with van der Waals surface area (Å²) in [5.41, 5.74) is 3.52. The summed E-state index contributed by atoms with van der Waals surface area (Å²) in [6, 6.07) is 9.01. The van der Waals surface area contributed by atoms with Gasteiger partial charge in [-0.2, -0.15) is 0 Å². The van der Waals surface area contributed by atoms with Crippen LogP contribution in [-0.2, 0) is 17.6 Å². The second-order valence-electron chi connectivity index (χ2n) is 6.23. The van der Waals surface area contributed by atoms with Gasteiger partial charge in [0.15, 0.2) is 4.96 Å². The van der Waals surface area contributed by atoms with E-state index in [1.54, 1.807) is 11.3 Å². The Balaban J connectivity index is 1.31. The molecule has 1 aliphatic rings. The molecule has 4 rings (SSSR count). The predicted octanol–water partition coefficient (Wildman–Crippen LogP) is 2.51. The molecule has 1 unspecified atom stereocenters. The van der Waals surface area contributed by atoms with Crippen LogP contribution >= 0.6 is 11.3 Å². The maximum atomic E-state index is 12.1. The standard InChI is InChI=1S/C18H20N4OS/c1-13-10-14-4-2-3-5-16(14)22(13)7-6-19-17(23)11-15-12-21-8-9-24-18(21)20-15/h2-5,8-9,12-13H,6-7,10-11H2,1H3,(H,19,23). The van der Waals surface area contributed by atoms with Crippen LogP contribution in [0.3, 0.4) is 0 Å². The van der Waals surface area contributed by atoms with Gasteiger partial charge in [0, 0.05) is 42.6 Å². The highest BCUT2D eigenvalue weighted by atomic mass is 32.1. The molecular weight excluding hydrogens is 320 g/mol. The lowest BCUT2D eigenvalue weighted by Gasteiger charge is -2.25. The van der Waals surface area contributed by atoms with Crippen molar-refractivity contribution < 1.29 is 4.79 Å². The van der Waals surface area contributed by atoms with Gasteiger partial charge in [0.05, 0.1) is 12.1 Å². The molecule has 0 saturated heterocycles. The molecule has 6 heteroatoms. The fourth-order valence-corrected chi connectivity index (χ4v) is 4.09. The molecule has 0 radical (unpaired) electrons. The number of imidazole rings is 1. The van der Waals surface area contributed by atoms with Crippen molar-refractivity contribution in [3.05, 3.63) is 53.3 Å². The first-order chi connectivity index (χ1) is 11.7. The molecule has 124 valence electrons. The van der Waals surface area contributed by atoms with E-state index in [2.05, 4.69) is 46.4 Å². The molecule has 1 N–H and O–H groups in total. The average Bonchev–Trinajstić information content (AvgIpc) is 3.21. The third-order valence-electron chi connectivity index (χ3n) is 4.51. The lowest BCUT2D eigenvalue weighted by atomic mass is 10.1. The van der Waals surface area contributed by atoms with Crippen LogP contribution < -0.4 is 10.2 Å². The number of carbonyl (C=O) groups excluding carboxylic acids is 1. The van der Waals surface area contributed by atoms with E-state index in [-0.39, 0.29) is 5.91 Å². The number of fused-ring (bicyclic) bond motifs is 2. The number of nitrogens with one attached hydrogen (secondary N) is 1. The Morgan fingerprint density at radius 2 is 2.29 bits per heavy atom. The van der Waals surface area contributed by atoms with Gasteiger partial charge in [0.2, 0.25) is 5.91 Å². The maximum absolute atomic E-state index is 12.1. The molecule has 0 bridgehead atoms. The number of rotatable bonds is 5. The van der Waals surface area contributed by atoms with Gasteiger partial charge in [-0.3, -0.25) is 9.20 Å². The summed E-state index contributed by atoms with van der Waals surface area (Å²) in [5, 5.41) is 5.01. The third-order valence-corrected chi connectivity index (χ3v) is 5.28. The summed E-state index contributed by atoms with van der Waals surface area (Å²) in [5.74, 6) is 0.0286. The number of hydrogen-bond donors (Lipinski definition) is 1. The molecule has 1 aromatic carbocycles. The highest BCUT2D eigenvalue weighted by Gasteiger charge is 2.24. The topological polar surface area (TPSA) is 49.6 Å². The second kappa shape index (κ2) is 6.28. The van der Waals surface area contributed by atoms with E-state index in [1.807, 2.05) is 22.2 Å². The first-order valence-electron chi connectivity index (χ1n) is 8.23. The van der Waals surface area contributed by atoms with Crippen LogP contribution in [0.1, 0.15) is 18.2 Å². The molecule has 1 aliphatic heterocycles. The van der Waals surface area contributed by atoms with Gasteiger partial charge < -0.3 is 10.2 Å². The first kappa shape index (κ1) is 15.2. The van der Waals surface area contributed by atoms with Crippen molar-refractivity contribution in [2.45, 2.75) is 25.8 Å². The van der Waals surface area contributed by atoms with Gasteiger partial charge in [-0.15, -0.1) is 11.3 Å². The largest absolute Gasteiger partial charge is 0.367 e. The number of anilines is 1. The Hall–Kier alpha value is -2.34. The number of aromatic nitrogens is 2. The van der Waals surface area contributed by atoms with Crippen LogP contribution in [-0.4, -0.2) is 34.4 Å². The monoisotopic (exact) mass is 340 g/mol. The van der Waals surface area contributed by atoms with Crippen LogP contribution in [0.2, 0.25) is 0 Å². The number of benzene rings is 1. The maximum Gasteiger partial charge on any atom is 0.226 e. The first-order valence-corrected chi connectivity index (χ1v) is 9.11. The molecule has 3 aromatic rings. The number of nitrogens with zero attached hydrogens (tertiary/aromatic N) is 3. The quantitative estimate of drug-likeness (QED) is 0.776. The lowest BCUT2D eigenvalue weighted by molar-refractivity contribution is -0.120. The fraction of sp³-hybridized carbons (Fsp3) is 0.333. The number of amides is 1. The van der Waals surface area contributed by atoms with Gasteiger partial charge in [-0.1, -0.05) is 18.2 Å². The van der Waals surface area contributed by atoms with E-state index in [0.29, 0.717) is 19.0 Å². The Bertz CT molecular complexity index is 840. The minimum atomic E-state index is 0.0286. The Kier molecular flexibility index (Phi) is 3.98. The Labute approximate surface area is 144 Å². The lowest BCUT2D eigenvalue weighted by Crippen LogP contribution is -2.38. The molecule has 1 amide bonds. The van der Waals surface area contributed by atoms with E-state index in [4.69, 9.17) is 0 Å². The molecule has 0 saturated carbocycles. The van der Waals surface area contributed by atoms with Crippen LogP contribution in [0.4, 0.5) is 5.69 Å². The van der Waals surface area contributed by atoms with Gasteiger partial charge in [0.25, 0.3) is 0 Å². The predicted molar refractivity (Wildman–Crippen MR) is 96.7 cm³/mol. The van der Waals surface area contributed by atoms with Gasteiger partial charge in [-0.05, 0) is 25.0 Å². The summed E-state index contributed by atoms with van der Waals surface area (Å²) < 4.78 is 1.95. The van der Waals surface area contributed by atoms with Gasteiger partial charge >= 0.3 is 0 Å². The van der Waals surface area contributed by atoms with E-state index in [1.165, 1.54) is 11.3 Å². The summed E-state index contributed by atoms with van der Waals surface area (Å²) in [4.78, 5) is 19.9. The Morgan fingerprint density at radius 1 is 1.42 bits per heavy atom. The molecule has 1 atom stereocenters. The van der Waals surface area contributed by atoms with Crippen molar-refractivity contribution in [3.63, 3.8) is 0 Å². The zero-order valence-electron chi connectivity index (χ0n) is 13.6. The number of carbonyl (C=O) groups is 1. The van der Waals surface area contributed by atoms with E-state index in [9.17, 15) is 4.79 Å². The zero-order valence-corrected chi connectivity index (χ0v) is 14.4. The van der Waals surface area contributed by atoms with Crippen molar-refractivity contribution in [2.24, 2.45) is 0 Å². The second-order valence-corrected chi connectivity index (χ2v) is 7.10. The molecule has 24 heavy (non-hydrogen) atoms. The highest BCUT2D eigenvalue weighted by molar-refractivity contribution is 7.15. The van der Waals surface area contributed by atoms with Crippen molar-refractivity contribution in [3.8, 4) is 0 Å². The Morgan fingerprint density at radius 3 is 3.17 bits per heavy atom. The van der Waals surface area contributed by atoms with E-state index < -0.39 is 0 Å². The van der Waals surface area contributed by atoms with Crippen LogP contribution in [0.5, 0.6) is 0 Å². The smallest absolute Gasteiger partial charge is 0.226 e. The van der Waals surface area contributed by atoms with Crippen LogP contribution in [0, 0.1) is 0 Å². The van der Waals surface area contributed by atoms with Gasteiger partial charge in [0.1, 0.15) is 0 Å². The third kappa shape index (κ3) is 2.89. The average molecular weight is 340 g/mol. The fourth-order valence-electron chi connectivity index (χ4n) is 3.37. The van der Waals surface area contributed by atoms with Crippen molar-refractivity contribution in [2.75, 3.05) is 18.0 Å². The summed E-state index contributed by atoms with van der Waals surface area (Å²) in [6.45, 7) is 3.72. The molecular formula is C18H20N4OS. The summed E-state index contributed by atoms with van der Waals surface area (Å²) in [7, 11) is 0. The molecule has 0 fully saturated rings. The summed E-state index contributed by atoms with van der Waals surface area (Å²) in [6.07, 6.45) is 5.29. The molecule has 5 nitrogen and oxygen atoms in total. The van der Waals surface area contributed by atoms with E-state index >= 15 is 0 Å². The number of para-hydroxylation sites is 1. The highest BCUT2D eigenvalue weighted by Crippen LogP contribution is 2.31. The molecule has 3 heterocycles. The van der Waals surface area contributed by atoms with Crippen LogP contribution in [0.15, 0.2) is 42.0 Å². The number of thiazole rings is 1. The van der Waals surface area contributed by atoms with E-state index in [0.717, 1.165) is 23.6 Å². The molecule has 0 aliphatic carbocycles. The van der Waals surface area contributed by atoms with Crippen molar-refractivity contribution in [1.82, 2.24) is 14.7 Å². The minimum Gasteiger partial charge on any atom is -0.367 e. The molecule has 0 spiro atoms. The van der Waals surface area contributed by atoms with Crippen molar-refractivity contribution >= 4 is 27.9 Å². The number of hydrogen-bond acceptors (Lipinski definition) is 4. The normalized spacial score (nSPS) is 16.5. The van der Waals surface area contributed by atoms with Crippen molar-refractivity contribution in [1.29, 1.82) is 0 Å². The molecule has 2 aromatic heterocycles. The SMILES string of the molecule is CC1Cc2ccccc2N1CCNC(=O)Cc1cn2ccsc2n1. The van der Waals surface area contributed by atoms with Gasteiger partial charge in [-0.25, -0.2) is 4.98 Å². The zero-order chi connectivity index (χ0) is 16.5. The summed E-state index contributed by atoms with van der Waals surface area (Å²) >= 11 is 1.58. The van der Waals surface area contributed by atoms with Crippen LogP contribution in [0.25, 0.3) is 4.96 Å². The minimum absolute atomic E-state index is 0.0286.